The molecule has 0 saturated carbocycles. The van der Waals surface area contributed by atoms with Crippen molar-refractivity contribution in [3.05, 3.63) is 52.5 Å². The molecule has 0 amide bonds. The van der Waals surface area contributed by atoms with E-state index < -0.39 is 10.0 Å². The van der Waals surface area contributed by atoms with Gasteiger partial charge in [0, 0.05) is 10.5 Å². The van der Waals surface area contributed by atoms with Crippen molar-refractivity contribution >= 4 is 37.3 Å². The van der Waals surface area contributed by atoms with Gasteiger partial charge in [-0.2, -0.15) is 0 Å². The first-order valence-corrected chi connectivity index (χ1v) is 8.82. The molecular weight excluding hydrogens is 352 g/mol. The summed E-state index contributed by atoms with van der Waals surface area (Å²) in [6.45, 7) is 1.91. The van der Waals surface area contributed by atoms with Crippen LogP contribution in [0, 0.1) is 0 Å². The largest absolute Gasteiger partial charge is 0.398 e. The Balaban J connectivity index is 2.17. The molecule has 1 aliphatic heterocycles. The minimum Gasteiger partial charge on any atom is -0.398 e. The third kappa shape index (κ3) is 2.32. The van der Waals surface area contributed by atoms with Gasteiger partial charge in [0.1, 0.15) is 4.90 Å². The highest BCUT2D eigenvalue weighted by atomic mass is 79.9. The number of rotatable bonds is 2. The highest BCUT2D eigenvalue weighted by Gasteiger charge is 2.36. The summed E-state index contributed by atoms with van der Waals surface area (Å²) in [5.74, 6) is 0. The number of sulfonamides is 1. The van der Waals surface area contributed by atoms with Crippen molar-refractivity contribution < 1.29 is 8.42 Å². The Labute approximate surface area is 132 Å². The lowest BCUT2D eigenvalue weighted by Crippen LogP contribution is -2.36. The van der Waals surface area contributed by atoms with Crippen LogP contribution in [0.3, 0.4) is 0 Å². The molecule has 2 N–H and O–H groups in total. The van der Waals surface area contributed by atoms with Crippen LogP contribution < -0.4 is 10.0 Å². The van der Waals surface area contributed by atoms with Crippen LogP contribution in [0.5, 0.6) is 0 Å². The molecule has 0 bridgehead atoms. The number of halogens is 1. The van der Waals surface area contributed by atoms with Crippen LogP contribution in [0.25, 0.3) is 0 Å². The van der Waals surface area contributed by atoms with Gasteiger partial charge in [0.15, 0.2) is 0 Å². The molecule has 0 spiro atoms. The summed E-state index contributed by atoms with van der Waals surface area (Å²) in [6.07, 6.45) is 0.712. The van der Waals surface area contributed by atoms with E-state index in [1.165, 1.54) is 4.31 Å². The number of nitrogen functional groups attached to an aromatic ring is 1. The fourth-order valence-electron chi connectivity index (χ4n) is 2.74. The Bertz CT molecular complexity index is 805. The van der Waals surface area contributed by atoms with Crippen molar-refractivity contribution in [1.82, 2.24) is 0 Å². The van der Waals surface area contributed by atoms with Gasteiger partial charge in [-0.25, -0.2) is 8.42 Å². The van der Waals surface area contributed by atoms with Crippen molar-refractivity contribution in [1.29, 1.82) is 0 Å². The summed E-state index contributed by atoms with van der Waals surface area (Å²) in [4.78, 5) is 0.139. The maximum atomic E-state index is 13.0. The predicted octanol–water partition coefficient (Wildman–Crippen LogP) is 3.17. The zero-order chi connectivity index (χ0) is 15.2. The first-order valence-electron chi connectivity index (χ1n) is 6.58. The molecule has 2 aromatic rings. The minimum absolute atomic E-state index is 0.120. The van der Waals surface area contributed by atoms with Crippen LogP contribution in [0.4, 0.5) is 11.4 Å². The van der Waals surface area contributed by atoms with Crippen molar-refractivity contribution in [3.8, 4) is 0 Å². The van der Waals surface area contributed by atoms with E-state index in [0.29, 0.717) is 10.9 Å². The zero-order valence-electron chi connectivity index (χ0n) is 11.5. The van der Waals surface area contributed by atoms with Gasteiger partial charge in [-0.15, -0.1) is 0 Å². The fraction of sp³-hybridized carbons (Fsp3) is 0.200. The summed E-state index contributed by atoms with van der Waals surface area (Å²) < 4.78 is 28.2. The van der Waals surface area contributed by atoms with Crippen molar-refractivity contribution in [2.24, 2.45) is 0 Å². The number of hydrogen-bond acceptors (Lipinski definition) is 3. The van der Waals surface area contributed by atoms with E-state index in [4.69, 9.17) is 5.73 Å². The zero-order valence-corrected chi connectivity index (χ0v) is 13.9. The van der Waals surface area contributed by atoms with Gasteiger partial charge >= 0.3 is 0 Å². The summed E-state index contributed by atoms with van der Waals surface area (Å²) in [7, 11) is -3.68. The molecule has 110 valence electrons. The minimum atomic E-state index is -3.68. The molecule has 1 aliphatic rings. The van der Waals surface area contributed by atoms with E-state index in [2.05, 4.69) is 15.9 Å². The van der Waals surface area contributed by atoms with E-state index in [0.717, 1.165) is 11.3 Å². The average molecular weight is 367 g/mol. The molecule has 0 radical (unpaired) electrons. The molecule has 0 aliphatic carbocycles. The second-order valence-corrected chi connectivity index (χ2v) is 7.86. The van der Waals surface area contributed by atoms with E-state index in [9.17, 15) is 8.42 Å². The van der Waals surface area contributed by atoms with Gasteiger partial charge in [-0.05, 0) is 43.2 Å². The normalized spacial score (nSPS) is 17.8. The van der Waals surface area contributed by atoms with Crippen LogP contribution >= 0.6 is 15.9 Å². The molecule has 1 unspecified atom stereocenters. The molecule has 3 rings (SSSR count). The van der Waals surface area contributed by atoms with Crippen molar-refractivity contribution in [2.45, 2.75) is 24.3 Å². The third-order valence-corrected chi connectivity index (χ3v) is 6.13. The summed E-state index contributed by atoms with van der Waals surface area (Å²) in [5, 5.41) is 0. The van der Waals surface area contributed by atoms with Gasteiger partial charge in [0.2, 0.25) is 0 Å². The number of para-hydroxylation sites is 1. The quantitative estimate of drug-likeness (QED) is 0.830. The highest BCUT2D eigenvalue weighted by molar-refractivity contribution is 9.10. The van der Waals surface area contributed by atoms with E-state index in [-0.39, 0.29) is 16.6 Å². The molecule has 0 fully saturated rings. The van der Waals surface area contributed by atoms with Crippen LogP contribution in [0.1, 0.15) is 12.5 Å². The number of anilines is 2. The Morgan fingerprint density at radius 1 is 1.24 bits per heavy atom. The smallest absolute Gasteiger partial charge is 0.266 e. The SMILES string of the molecule is CC1Cc2ccccc2N1S(=O)(=O)c1cc(Br)ccc1N. The van der Waals surface area contributed by atoms with Crippen molar-refractivity contribution in [2.75, 3.05) is 10.0 Å². The topological polar surface area (TPSA) is 63.4 Å². The Morgan fingerprint density at radius 2 is 1.95 bits per heavy atom. The molecule has 1 heterocycles. The van der Waals surface area contributed by atoms with E-state index >= 15 is 0 Å². The molecule has 4 nitrogen and oxygen atoms in total. The Kier molecular flexibility index (Phi) is 3.45. The summed E-state index contributed by atoms with van der Waals surface area (Å²) in [6, 6.07) is 12.3. The van der Waals surface area contributed by atoms with Gasteiger partial charge in [0.05, 0.1) is 11.4 Å². The van der Waals surface area contributed by atoms with Crippen LogP contribution in [0.2, 0.25) is 0 Å². The maximum Gasteiger partial charge on any atom is 0.266 e. The fourth-order valence-corrected chi connectivity index (χ4v) is 5.09. The lowest BCUT2D eigenvalue weighted by atomic mass is 10.1. The van der Waals surface area contributed by atoms with E-state index in [1.54, 1.807) is 18.2 Å². The molecule has 6 heteroatoms. The standard InChI is InChI=1S/C15H15BrN2O2S/c1-10-8-11-4-2-3-5-14(11)18(10)21(19,20)15-9-12(16)6-7-13(15)17/h2-7,9-10H,8,17H2,1H3. The average Bonchev–Trinajstić information content (AvgIpc) is 2.77. The number of hydrogen-bond donors (Lipinski definition) is 1. The number of fused-ring (bicyclic) bond motifs is 1. The first kappa shape index (κ1) is 14.4. The number of nitrogens with zero attached hydrogens (tertiary/aromatic N) is 1. The molecule has 2 aromatic carbocycles. The lowest BCUT2D eigenvalue weighted by Gasteiger charge is -2.25. The molecule has 1 atom stereocenters. The van der Waals surface area contributed by atoms with Gasteiger partial charge in [-0.3, -0.25) is 4.31 Å². The predicted molar refractivity (Wildman–Crippen MR) is 87.8 cm³/mol. The van der Waals surface area contributed by atoms with E-state index in [1.807, 2.05) is 31.2 Å². The monoisotopic (exact) mass is 366 g/mol. The van der Waals surface area contributed by atoms with Crippen LogP contribution in [-0.2, 0) is 16.4 Å². The third-order valence-electron chi connectivity index (χ3n) is 3.66. The Morgan fingerprint density at radius 3 is 2.71 bits per heavy atom. The summed E-state index contributed by atoms with van der Waals surface area (Å²) >= 11 is 3.31. The first-order chi connectivity index (χ1) is 9.91. The lowest BCUT2D eigenvalue weighted by molar-refractivity contribution is 0.584. The van der Waals surface area contributed by atoms with Crippen LogP contribution in [-0.4, -0.2) is 14.5 Å². The highest BCUT2D eigenvalue weighted by Crippen LogP contribution is 2.38. The van der Waals surface area contributed by atoms with Gasteiger partial charge in [-0.1, -0.05) is 34.1 Å². The second kappa shape index (κ2) is 5.03. The van der Waals surface area contributed by atoms with Gasteiger partial charge < -0.3 is 5.73 Å². The molecule has 0 saturated heterocycles. The maximum absolute atomic E-state index is 13.0. The molecule has 21 heavy (non-hydrogen) atoms. The van der Waals surface area contributed by atoms with Crippen molar-refractivity contribution in [3.63, 3.8) is 0 Å². The van der Waals surface area contributed by atoms with Gasteiger partial charge in [0.25, 0.3) is 10.0 Å². The van der Waals surface area contributed by atoms with Crippen LogP contribution in [0.15, 0.2) is 51.8 Å². The molecular formula is C15H15BrN2O2S. The second-order valence-electron chi connectivity index (χ2n) is 5.16. The number of benzene rings is 2. The summed E-state index contributed by atoms with van der Waals surface area (Å²) in [5.41, 5.74) is 7.92. The molecule has 0 aromatic heterocycles. The number of nitrogens with two attached hydrogens (primary N) is 1. The Hall–Kier alpha value is -1.53.